The van der Waals surface area contributed by atoms with Gasteiger partial charge in [-0.25, -0.2) is 4.98 Å². The van der Waals surface area contributed by atoms with Crippen LogP contribution >= 0.6 is 0 Å². The molecular weight excluding hydrogens is 252 g/mol. The van der Waals surface area contributed by atoms with E-state index in [2.05, 4.69) is 22.1 Å². The molecule has 0 saturated carbocycles. The van der Waals surface area contributed by atoms with Crippen molar-refractivity contribution < 1.29 is 4.79 Å². The maximum absolute atomic E-state index is 11.8. The Bertz CT molecular complexity index is 424. The number of rotatable bonds is 5. The minimum atomic E-state index is -0.128. The van der Waals surface area contributed by atoms with Gasteiger partial charge in [0.1, 0.15) is 5.69 Å². The van der Waals surface area contributed by atoms with Crippen LogP contribution in [-0.2, 0) is 0 Å². The van der Waals surface area contributed by atoms with Crippen molar-refractivity contribution in [3.05, 3.63) is 24.0 Å². The summed E-state index contributed by atoms with van der Waals surface area (Å²) < 4.78 is 0. The monoisotopic (exact) mass is 276 g/mol. The first-order chi connectivity index (χ1) is 9.65. The van der Waals surface area contributed by atoms with E-state index in [0.29, 0.717) is 17.9 Å². The summed E-state index contributed by atoms with van der Waals surface area (Å²) in [6.07, 6.45) is 5.07. The molecule has 1 aliphatic heterocycles. The lowest BCUT2D eigenvalue weighted by Gasteiger charge is -2.30. The summed E-state index contributed by atoms with van der Waals surface area (Å²) in [4.78, 5) is 18.3. The van der Waals surface area contributed by atoms with Crippen LogP contribution in [0.1, 0.15) is 36.7 Å². The molecule has 1 fully saturated rings. The lowest BCUT2D eigenvalue weighted by molar-refractivity contribution is 0.0945. The van der Waals surface area contributed by atoms with Crippen molar-refractivity contribution >= 4 is 11.6 Å². The molecule has 0 unspecified atom stereocenters. The molecule has 5 heteroatoms. The third-order valence-corrected chi connectivity index (χ3v) is 3.83. The van der Waals surface area contributed by atoms with E-state index in [9.17, 15) is 4.79 Å². The minimum Gasteiger partial charge on any atom is -0.397 e. The second kappa shape index (κ2) is 7.24. The van der Waals surface area contributed by atoms with E-state index in [-0.39, 0.29) is 5.91 Å². The van der Waals surface area contributed by atoms with Crippen LogP contribution in [0.3, 0.4) is 0 Å². The van der Waals surface area contributed by atoms with Gasteiger partial charge in [-0.3, -0.25) is 4.79 Å². The van der Waals surface area contributed by atoms with Crippen molar-refractivity contribution in [1.82, 2.24) is 15.2 Å². The molecule has 2 rings (SSSR count). The summed E-state index contributed by atoms with van der Waals surface area (Å²) in [6.45, 7) is 6.44. The first-order valence-electron chi connectivity index (χ1n) is 7.37. The average molecular weight is 276 g/mol. The number of nitrogens with two attached hydrogens (primary N) is 1. The van der Waals surface area contributed by atoms with E-state index in [0.717, 1.165) is 18.9 Å². The van der Waals surface area contributed by atoms with Crippen molar-refractivity contribution in [2.75, 3.05) is 31.9 Å². The number of carbonyl (C=O) groups is 1. The number of nitrogens with one attached hydrogen (secondary N) is 1. The number of anilines is 1. The van der Waals surface area contributed by atoms with E-state index in [1.807, 2.05) is 0 Å². The fraction of sp³-hybridized carbons (Fsp3) is 0.600. The predicted octanol–water partition coefficient (Wildman–Crippen LogP) is 1.52. The second-order valence-electron chi connectivity index (χ2n) is 5.61. The van der Waals surface area contributed by atoms with Crippen LogP contribution in [0.4, 0.5) is 5.69 Å². The quantitative estimate of drug-likeness (QED) is 0.800. The molecule has 1 aromatic heterocycles. The smallest absolute Gasteiger partial charge is 0.269 e. The van der Waals surface area contributed by atoms with Crippen molar-refractivity contribution in [2.24, 2.45) is 5.92 Å². The Kier molecular flexibility index (Phi) is 5.35. The summed E-state index contributed by atoms with van der Waals surface area (Å²) in [7, 11) is 0. The maximum atomic E-state index is 11.8. The Labute approximate surface area is 120 Å². The molecule has 0 aliphatic carbocycles. The topological polar surface area (TPSA) is 71.2 Å². The molecule has 1 saturated heterocycles. The Morgan fingerprint density at radius 3 is 2.85 bits per heavy atom. The molecule has 0 spiro atoms. The Balaban J connectivity index is 1.63. The molecule has 2 heterocycles. The van der Waals surface area contributed by atoms with E-state index < -0.39 is 0 Å². The van der Waals surface area contributed by atoms with Crippen LogP contribution in [0.15, 0.2) is 18.3 Å². The number of pyridine rings is 1. The van der Waals surface area contributed by atoms with Gasteiger partial charge < -0.3 is 16.0 Å². The van der Waals surface area contributed by atoms with Gasteiger partial charge in [0.2, 0.25) is 0 Å². The number of nitrogen functional groups attached to an aromatic ring is 1. The van der Waals surface area contributed by atoms with Gasteiger partial charge in [-0.15, -0.1) is 0 Å². The summed E-state index contributed by atoms with van der Waals surface area (Å²) in [5.41, 5.74) is 6.53. The summed E-state index contributed by atoms with van der Waals surface area (Å²) in [5.74, 6) is 0.736. The van der Waals surface area contributed by atoms with Gasteiger partial charge in [-0.2, -0.15) is 0 Å². The highest BCUT2D eigenvalue weighted by molar-refractivity contribution is 5.92. The molecule has 0 atom stereocenters. The second-order valence-corrected chi connectivity index (χ2v) is 5.61. The number of amides is 1. The van der Waals surface area contributed by atoms with Crippen LogP contribution in [0.25, 0.3) is 0 Å². The zero-order valence-electron chi connectivity index (χ0n) is 12.1. The number of likely N-dealkylation sites (tertiary alicyclic amines) is 1. The highest BCUT2D eigenvalue weighted by Gasteiger charge is 2.15. The standard InChI is InChI=1S/C15H24N4O/c1-12-5-9-19(10-6-12)8-2-7-17-15(20)14-4-3-13(16)11-18-14/h3-4,11-12H,2,5-10,16H2,1H3,(H,17,20). The average Bonchev–Trinajstić information content (AvgIpc) is 2.46. The van der Waals surface area contributed by atoms with E-state index >= 15 is 0 Å². The molecule has 0 bridgehead atoms. The molecule has 3 N–H and O–H groups in total. The van der Waals surface area contributed by atoms with Crippen molar-refractivity contribution in [2.45, 2.75) is 26.2 Å². The van der Waals surface area contributed by atoms with E-state index in [1.54, 1.807) is 12.1 Å². The number of hydrogen-bond donors (Lipinski definition) is 2. The Hall–Kier alpha value is -1.62. The summed E-state index contributed by atoms with van der Waals surface area (Å²) in [6, 6.07) is 3.34. The molecule has 1 aliphatic rings. The fourth-order valence-corrected chi connectivity index (χ4v) is 2.42. The van der Waals surface area contributed by atoms with Gasteiger partial charge in [0.15, 0.2) is 0 Å². The van der Waals surface area contributed by atoms with Gasteiger partial charge in [0.25, 0.3) is 5.91 Å². The van der Waals surface area contributed by atoms with Gasteiger partial charge in [0.05, 0.1) is 11.9 Å². The predicted molar refractivity (Wildman–Crippen MR) is 80.4 cm³/mol. The lowest BCUT2D eigenvalue weighted by atomic mass is 9.99. The molecule has 5 nitrogen and oxygen atoms in total. The van der Waals surface area contributed by atoms with Gasteiger partial charge >= 0.3 is 0 Å². The van der Waals surface area contributed by atoms with Crippen molar-refractivity contribution in [1.29, 1.82) is 0 Å². The molecular formula is C15H24N4O. The third kappa shape index (κ3) is 4.49. The van der Waals surface area contributed by atoms with Gasteiger partial charge in [-0.1, -0.05) is 6.92 Å². The number of nitrogens with zero attached hydrogens (tertiary/aromatic N) is 2. The zero-order chi connectivity index (χ0) is 14.4. The number of carbonyl (C=O) groups excluding carboxylic acids is 1. The highest BCUT2D eigenvalue weighted by atomic mass is 16.1. The van der Waals surface area contributed by atoms with Crippen LogP contribution < -0.4 is 11.1 Å². The maximum Gasteiger partial charge on any atom is 0.269 e. The third-order valence-electron chi connectivity index (χ3n) is 3.83. The molecule has 1 aromatic rings. The van der Waals surface area contributed by atoms with Gasteiger partial charge in [-0.05, 0) is 56.9 Å². The van der Waals surface area contributed by atoms with Crippen molar-refractivity contribution in [3.63, 3.8) is 0 Å². The van der Waals surface area contributed by atoms with E-state index in [1.165, 1.54) is 32.1 Å². The number of hydrogen-bond acceptors (Lipinski definition) is 4. The SMILES string of the molecule is CC1CCN(CCCNC(=O)c2ccc(N)cn2)CC1. The Morgan fingerprint density at radius 2 is 2.20 bits per heavy atom. The summed E-state index contributed by atoms with van der Waals surface area (Å²) >= 11 is 0. The number of piperidine rings is 1. The zero-order valence-corrected chi connectivity index (χ0v) is 12.1. The van der Waals surface area contributed by atoms with Crippen LogP contribution in [0.2, 0.25) is 0 Å². The number of aromatic nitrogens is 1. The largest absolute Gasteiger partial charge is 0.397 e. The Morgan fingerprint density at radius 1 is 1.45 bits per heavy atom. The van der Waals surface area contributed by atoms with Crippen molar-refractivity contribution in [3.8, 4) is 0 Å². The molecule has 0 aromatic carbocycles. The highest BCUT2D eigenvalue weighted by Crippen LogP contribution is 2.15. The minimum absolute atomic E-state index is 0.128. The summed E-state index contributed by atoms with van der Waals surface area (Å²) in [5, 5.41) is 2.90. The fourth-order valence-electron chi connectivity index (χ4n) is 2.42. The van der Waals surface area contributed by atoms with Crippen LogP contribution in [0, 0.1) is 5.92 Å². The molecule has 20 heavy (non-hydrogen) atoms. The molecule has 0 radical (unpaired) electrons. The first-order valence-corrected chi connectivity index (χ1v) is 7.37. The molecule has 110 valence electrons. The lowest BCUT2D eigenvalue weighted by Crippen LogP contribution is -2.35. The normalized spacial score (nSPS) is 17.1. The van der Waals surface area contributed by atoms with E-state index in [4.69, 9.17) is 5.73 Å². The molecule has 1 amide bonds. The first kappa shape index (κ1) is 14.8. The van der Waals surface area contributed by atoms with Crippen LogP contribution in [0.5, 0.6) is 0 Å². The van der Waals surface area contributed by atoms with Crippen LogP contribution in [-0.4, -0.2) is 42.0 Å². The van der Waals surface area contributed by atoms with Gasteiger partial charge in [0, 0.05) is 6.54 Å².